The molecule has 1 amide bonds. The molecule has 0 atom stereocenters. The molecule has 1 fully saturated rings. The van der Waals surface area contributed by atoms with E-state index in [1.165, 1.54) is 11.1 Å². The number of carbonyl (C=O) groups is 1. The van der Waals surface area contributed by atoms with E-state index in [9.17, 15) is 13.2 Å². The molecule has 25 heavy (non-hydrogen) atoms. The van der Waals surface area contributed by atoms with Gasteiger partial charge in [-0.3, -0.25) is 4.79 Å². The molecule has 0 aliphatic carbocycles. The number of aryl methyl sites for hydroxylation is 1. The first-order valence-corrected chi connectivity index (χ1v) is 9.71. The zero-order valence-corrected chi connectivity index (χ0v) is 15.1. The summed E-state index contributed by atoms with van der Waals surface area (Å²) in [4.78, 5) is 14.4. The van der Waals surface area contributed by atoms with Crippen molar-refractivity contribution in [2.75, 3.05) is 24.6 Å². The van der Waals surface area contributed by atoms with Crippen molar-refractivity contribution in [1.82, 2.24) is 4.90 Å². The summed E-state index contributed by atoms with van der Waals surface area (Å²) < 4.78 is 25.9. The number of amides is 1. The molecular weight excluding hydrogens is 340 g/mol. The minimum atomic E-state index is -4.01. The molecule has 2 heterocycles. The lowest BCUT2D eigenvalue weighted by Crippen LogP contribution is -2.46. The number of nitrogens with zero attached hydrogens (tertiary/aromatic N) is 4. The van der Waals surface area contributed by atoms with Crippen LogP contribution in [0, 0.1) is 24.2 Å². The Morgan fingerprint density at radius 1 is 1.36 bits per heavy atom. The maximum atomic E-state index is 12.9. The molecule has 0 N–H and O–H groups in total. The van der Waals surface area contributed by atoms with Gasteiger partial charge in [-0.15, -0.1) is 0 Å². The highest BCUT2D eigenvalue weighted by atomic mass is 32.2. The van der Waals surface area contributed by atoms with Crippen molar-refractivity contribution in [1.29, 1.82) is 5.26 Å². The summed E-state index contributed by atoms with van der Waals surface area (Å²) in [5.74, 6) is -0.0613. The van der Waals surface area contributed by atoms with Crippen LogP contribution in [-0.4, -0.2) is 43.9 Å². The van der Waals surface area contributed by atoms with Crippen molar-refractivity contribution < 1.29 is 13.2 Å². The Hall–Kier alpha value is -2.40. The maximum absolute atomic E-state index is 12.9. The Balaban J connectivity index is 2.03. The van der Waals surface area contributed by atoms with Gasteiger partial charge in [-0.1, -0.05) is 13.0 Å². The van der Waals surface area contributed by atoms with Gasteiger partial charge >= 0.3 is 0 Å². The number of sulfone groups is 1. The van der Waals surface area contributed by atoms with E-state index in [0.29, 0.717) is 24.7 Å². The molecule has 0 bridgehead atoms. The van der Waals surface area contributed by atoms with Crippen LogP contribution >= 0.6 is 0 Å². The standard InChI is InChI=1S/C17H20N4O3S/c1-12-5-8-20(9-6-12)17(22)16-19-21(10-7-18)14-11-13(2)3-4-15(14)25(16,23)24/h3-4,11-12H,5-6,8-10H2,1-2H3. The average molecular weight is 360 g/mol. The number of anilines is 1. The van der Waals surface area contributed by atoms with Gasteiger partial charge in [0.15, 0.2) is 0 Å². The molecule has 2 aliphatic rings. The van der Waals surface area contributed by atoms with Crippen LogP contribution in [0.4, 0.5) is 5.69 Å². The Labute approximate surface area is 147 Å². The lowest BCUT2D eigenvalue weighted by atomic mass is 9.99. The molecule has 8 heteroatoms. The third kappa shape index (κ3) is 3.12. The number of nitriles is 1. The van der Waals surface area contributed by atoms with Crippen molar-refractivity contribution >= 4 is 26.5 Å². The predicted octanol–water partition coefficient (Wildman–Crippen LogP) is 1.68. The lowest BCUT2D eigenvalue weighted by molar-refractivity contribution is -0.125. The van der Waals surface area contributed by atoms with Crippen molar-refractivity contribution in [3.8, 4) is 6.07 Å². The van der Waals surface area contributed by atoms with Gasteiger partial charge in [-0.2, -0.15) is 10.4 Å². The molecule has 1 aromatic carbocycles. The van der Waals surface area contributed by atoms with Crippen LogP contribution in [0.25, 0.3) is 0 Å². The predicted molar refractivity (Wildman–Crippen MR) is 93.7 cm³/mol. The summed E-state index contributed by atoms with van der Waals surface area (Å²) in [6.07, 6.45) is 1.69. The molecule has 132 valence electrons. The van der Waals surface area contributed by atoms with Crippen LogP contribution in [0.3, 0.4) is 0 Å². The summed E-state index contributed by atoms with van der Waals surface area (Å²) in [5, 5.41) is 13.9. The number of fused-ring (bicyclic) bond motifs is 1. The highest BCUT2D eigenvalue weighted by Crippen LogP contribution is 2.33. The van der Waals surface area contributed by atoms with E-state index in [2.05, 4.69) is 12.0 Å². The molecule has 2 aliphatic heterocycles. The van der Waals surface area contributed by atoms with Gasteiger partial charge in [0.25, 0.3) is 5.91 Å². The van der Waals surface area contributed by atoms with Crippen LogP contribution in [-0.2, 0) is 14.6 Å². The van der Waals surface area contributed by atoms with Crippen molar-refractivity contribution in [3.63, 3.8) is 0 Å². The van der Waals surface area contributed by atoms with Gasteiger partial charge in [0.05, 0.1) is 16.7 Å². The third-order valence-electron chi connectivity index (χ3n) is 4.62. The highest BCUT2D eigenvalue weighted by Gasteiger charge is 2.39. The largest absolute Gasteiger partial charge is 0.337 e. The van der Waals surface area contributed by atoms with E-state index in [4.69, 9.17) is 5.26 Å². The molecule has 1 aromatic rings. The highest BCUT2D eigenvalue weighted by molar-refractivity contribution is 8.08. The maximum Gasteiger partial charge on any atom is 0.286 e. The number of hydrazone groups is 1. The minimum Gasteiger partial charge on any atom is -0.337 e. The van der Waals surface area contributed by atoms with E-state index in [-0.39, 0.29) is 11.4 Å². The van der Waals surface area contributed by atoms with Crippen LogP contribution in [0.2, 0.25) is 0 Å². The minimum absolute atomic E-state index is 0.0251. The molecule has 0 radical (unpaired) electrons. The number of carbonyl (C=O) groups excluding carboxylic acids is 1. The van der Waals surface area contributed by atoms with Crippen molar-refractivity contribution in [3.05, 3.63) is 23.8 Å². The molecule has 0 saturated carbocycles. The summed E-state index contributed by atoms with van der Waals surface area (Å²) in [6, 6.07) is 6.79. The van der Waals surface area contributed by atoms with E-state index < -0.39 is 20.8 Å². The number of benzene rings is 1. The normalized spacial score (nSPS) is 19.8. The lowest BCUT2D eigenvalue weighted by Gasteiger charge is -2.32. The Morgan fingerprint density at radius 2 is 2.04 bits per heavy atom. The molecule has 0 spiro atoms. The second-order valence-corrected chi connectivity index (χ2v) is 8.40. The van der Waals surface area contributed by atoms with Crippen molar-refractivity contribution in [2.24, 2.45) is 11.0 Å². The van der Waals surface area contributed by atoms with Crippen LogP contribution < -0.4 is 5.01 Å². The fourth-order valence-electron chi connectivity index (χ4n) is 3.07. The molecular formula is C17H20N4O3S. The number of piperidine rings is 1. The van der Waals surface area contributed by atoms with Gasteiger partial charge in [0.2, 0.25) is 14.9 Å². The van der Waals surface area contributed by atoms with Gasteiger partial charge in [-0.25, -0.2) is 13.4 Å². The molecule has 0 unspecified atom stereocenters. The second kappa shape index (κ2) is 6.48. The van der Waals surface area contributed by atoms with E-state index in [1.807, 2.05) is 13.0 Å². The van der Waals surface area contributed by atoms with E-state index >= 15 is 0 Å². The topological polar surface area (TPSA) is 93.8 Å². The average Bonchev–Trinajstić information content (AvgIpc) is 2.57. The van der Waals surface area contributed by atoms with E-state index in [1.54, 1.807) is 17.0 Å². The Morgan fingerprint density at radius 3 is 2.68 bits per heavy atom. The third-order valence-corrected chi connectivity index (χ3v) is 6.31. The Bertz CT molecular complexity index is 878. The van der Waals surface area contributed by atoms with Crippen molar-refractivity contribution in [2.45, 2.75) is 31.6 Å². The number of hydrogen-bond donors (Lipinski definition) is 0. The molecule has 7 nitrogen and oxygen atoms in total. The summed E-state index contributed by atoms with van der Waals surface area (Å²) >= 11 is 0. The fourth-order valence-corrected chi connectivity index (χ4v) is 4.53. The zero-order valence-electron chi connectivity index (χ0n) is 14.3. The van der Waals surface area contributed by atoms with Gasteiger partial charge in [0.1, 0.15) is 6.54 Å². The molecule has 1 saturated heterocycles. The van der Waals surface area contributed by atoms with Gasteiger partial charge in [0, 0.05) is 13.1 Å². The zero-order chi connectivity index (χ0) is 18.2. The number of likely N-dealkylation sites (tertiary alicyclic amines) is 1. The van der Waals surface area contributed by atoms with Crippen LogP contribution in [0.1, 0.15) is 25.3 Å². The molecule has 0 aromatic heterocycles. The number of rotatable bonds is 2. The SMILES string of the molecule is Cc1ccc2c(c1)N(CC#N)N=C(C(=O)N1CCC(C)CC1)S2(=O)=O. The monoisotopic (exact) mass is 360 g/mol. The first-order valence-electron chi connectivity index (χ1n) is 8.22. The number of hydrogen-bond acceptors (Lipinski definition) is 6. The Kier molecular flexibility index (Phi) is 4.52. The molecule has 3 rings (SSSR count). The summed E-state index contributed by atoms with van der Waals surface area (Å²) in [7, 11) is -4.01. The summed E-state index contributed by atoms with van der Waals surface area (Å²) in [5.41, 5.74) is 1.19. The first-order chi connectivity index (χ1) is 11.8. The van der Waals surface area contributed by atoms with Gasteiger partial charge in [-0.05, 0) is 43.4 Å². The van der Waals surface area contributed by atoms with E-state index in [0.717, 1.165) is 18.4 Å². The first kappa shape index (κ1) is 17.4. The quantitative estimate of drug-likeness (QED) is 0.748. The van der Waals surface area contributed by atoms with Crippen LogP contribution in [0.15, 0.2) is 28.2 Å². The summed E-state index contributed by atoms with van der Waals surface area (Å²) in [6.45, 7) is 4.86. The smallest absolute Gasteiger partial charge is 0.286 e. The van der Waals surface area contributed by atoms with Crippen LogP contribution in [0.5, 0.6) is 0 Å². The second-order valence-electron chi connectivity index (χ2n) is 6.57. The fraction of sp³-hybridized carbons (Fsp3) is 0.471. The van der Waals surface area contributed by atoms with Gasteiger partial charge < -0.3 is 4.90 Å².